The van der Waals surface area contributed by atoms with Crippen molar-refractivity contribution in [3.63, 3.8) is 0 Å². The molecule has 3 N–H and O–H groups in total. The van der Waals surface area contributed by atoms with Gasteiger partial charge in [-0.25, -0.2) is 0 Å². The highest BCUT2D eigenvalue weighted by atomic mass is 31.2. The van der Waals surface area contributed by atoms with E-state index >= 15 is 0 Å². The van der Waals surface area contributed by atoms with Crippen LogP contribution in [-0.2, 0) is 18.4 Å². The smallest absolute Gasteiger partial charge is 0.337 e. The average molecular weight is 384 g/mol. The van der Waals surface area contributed by atoms with Crippen LogP contribution < -0.4 is 11.1 Å². The first-order valence-corrected chi connectivity index (χ1v) is 10.8. The normalized spacial score (nSPS) is 15.7. The van der Waals surface area contributed by atoms with Gasteiger partial charge in [0.15, 0.2) is 5.78 Å². The molecule has 0 aromatic heterocycles. The molecule has 6 nitrogen and oxygen atoms in total. The lowest BCUT2D eigenvalue weighted by molar-refractivity contribution is -0.123. The molecule has 148 valence electrons. The molecule has 1 aromatic rings. The van der Waals surface area contributed by atoms with E-state index in [9.17, 15) is 9.36 Å². The second-order valence-corrected chi connectivity index (χ2v) is 9.10. The molecule has 0 aliphatic rings. The fourth-order valence-electron chi connectivity index (χ4n) is 2.46. The topological polar surface area (TPSA) is 90.7 Å². The first kappa shape index (κ1) is 22.8. The van der Waals surface area contributed by atoms with Crippen molar-refractivity contribution in [3.8, 4) is 0 Å². The zero-order chi connectivity index (χ0) is 19.9. The molecular weight excluding hydrogens is 351 g/mol. The van der Waals surface area contributed by atoms with Crippen LogP contribution in [0.1, 0.15) is 59.3 Å². The molecule has 0 bridgehead atoms. The third-order valence-electron chi connectivity index (χ3n) is 3.99. The number of carbonyl (C=O) groups is 1. The summed E-state index contributed by atoms with van der Waals surface area (Å²) in [5.74, 6) is -1.29. The van der Waals surface area contributed by atoms with Crippen molar-refractivity contribution in [1.29, 1.82) is 0 Å². The Hall–Kier alpha value is -1.20. The number of hydrogen-bond donors (Lipinski definition) is 2. The molecule has 0 heterocycles. The van der Waals surface area contributed by atoms with Gasteiger partial charge in [0.2, 0.25) is 5.91 Å². The summed E-state index contributed by atoms with van der Waals surface area (Å²) < 4.78 is 25.1. The van der Waals surface area contributed by atoms with Crippen LogP contribution in [-0.4, -0.2) is 24.2 Å². The minimum Gasteiger partial charge on any atom is -0.337 e. The van der Waals surface area contributed by atoms with Crippen molar-refractivity contribution in [2.75, 3.05) is 0 Å². The van der Waals surface area contributed by atoms with E-state index in [1.54, 1.807) is 39.8 Å². The Balaban J connectivity index is 3.26. The number of rotatable bonds is 10. The first-order chi connectivity index (χ1) is 12.1. The van der Waals surface area contributed by atoms with E-state index in [1.165, 1.54) is 0 Å². The maximum atomic E-state index is 13.6. The Morgan fingerprint density at radius 3 is 2.00 bits per heavy atom. The molecule has 26 heavy (non-hydrogen) atoms. The second-order valence-electron chi connectivity index (χ2n) is 7.08. The van der Waals surface area contributed by atoms with E-state index in [0.717, 1.165) is 6.42 Å². The van der Waals surface area contributed by atoms with Gasteiger partial charge in [-0.1, -0.05) is 50.6 Å². The Labute approximate surface area is 157 Å². The lowest BCUT2D eigenvalue weighted by Gasteiger charge is -2.31. The van der Waals surface area contributed by atoms with Crippen molar-refractivity contribution < 1.29 is 18.4 Å². The molecular formula is C19H33N2O4P. The van der Waals surface area contributed by atoms with Crippen molar-refractivity contribution in [3.05, 3.63) is 35.9 Å². The summed E-state index contributed by atoms with van der Waals surface area (Å²) in [5, 5.41) is 2.82. The van der Waals surface area contributed by atoms with Crippen molar-refractivity contribution >= 4 is 13.5 Å². The Kier molecular flexibility index (Phi) is 8.97. The van der Waals surface area contributed by atoms with Gasteiger partial charge in [-0.2, -0.15) is 0 Å². The van der Waals surface area contributed by atoms with Gasteiger partial charge in [0.25, 0.3) is 0 Å². The zero-order valence-electron chi connectivity index (χ0n) is 16.6. The second kappa shape index (κ2) is 10.2. The minimum absolute atomic E-state index is 0.00263. The van der Waals surface area contributed by atoms with Crippen LogP contribution in [0.4, 0.5) is 0 Å². The van der Waals surface area contributed by atoms with Crippen molar-refractivity contribution in [1.82, 2.24) is 5.32 Å². The SMILES string of the molecule is CC[C@H](C)[C@H](N)C(=O)N[C@H](c1ccccc1)P(=O)(OC(C)C)OC(C)C. The molecule has 1 amide bonds. The van der Waals surface area contributed by atoms with Crippen molar-refractivity contribution in [2.45, 2.75) is 72.0 Å². The maximum Gasteiger partial charge on any atom is 0.357 e. The molecule has 0 saturated carbocycles. The third-order valence-corrected chi connectivity index (χ3v) is 6.48. The van der Waals surface area contributed by atoms with Gasteiger partial charge in [-0.15, -0.1) is 0 Å². The van der Waals surface area contributed by atoms with E-state index in [4.69, 9.17) is 14.8 Å². The van der Waals surface area contributed by atoms with Gasteiger partial charge in [0.05, 0.1) is 18.2 Å². The highest BCUT2D eigenvalue weighted by molar-refractivity contribution is 7.54. The Morgan fingerprint density at radius 2 is 1.58 bits per heavy atom. The summed E-state index contributed by atoms with van der Waals surface area (Å²) in [5.41, 5.74) is 6.71. The molecule has 0 aliphatic heterocycles. The summed E-state index contributed by atoms with van der Waals surface area (Å²) in [7, 11) is -3.68. The summed E-state index contributed by atoms with van der Waals surface area (Å²) in [6.07, 6.45) is 0.115. The van der Waals surface area contributed by atoms with Crippen LogP contribution in [0.2, 0.25) is 0 Å². The summed E-state index contributed by atoms with van der Waals surface area (Å²) in [6.45, 7) is 11.0. The Bertz CT molecular complexity index is 593. The number of carbonyl (C=O) groups excluding carboxylic acids is 1. The predicted molar refractivity (Wildman–Crippen MR) is 105 cm³/mol. The zero-order valence-corrected chi connectivity index (χ0v) is 17.5. The number of nitrogens with one attached hydrogen (secondary N) is 1. The van der Waals surface area contributed by atoms with Crippen LogP contribution in [0.25, 0.3) is 0 Å². The fraction of sp³-hybridized carbons (Fsp3) is 0.632. The number of hydrogen-bond acceptors (Lipinski definition) is 5. The lowest BCUT2D eigenvalue weighted by atomic mass is 9.99. The molecule has 0 spiro atoms. The van der Waals surface area contributed by atoms with Crippen LogP contribution in [0.5, 0.6) is 0 Å². The van der Waals surface area contributed by atoms with E-state index in [-0.39, 0.29) is 24.0 Å². The monoisotopic (exact) mass is 384 g/mol. The van der Waals surface area contributed by atoms with Gasteiger partial charge in [0, 0.05) is 0 Å². The molecule has 0 fully saturated rings. The molecule has 0 unspecified atom stereocenters. The highest BCUT2D eigenvalue weighted by Crippen LogP contribution is 2.61. The molecule has 0 radical (unpaired) electrons. The first-order valence-electron chi connectivity index (χ1n) is 9.18. The standard InChI is InChI=1S/C19H33N2O4P/c1-7-15(6)17(20)18(22)21-19(16-11-9-8-10-12-16)26(23,24-13(2)3)25-14(4)5/h8-15,17,19H,7,20H2,1-6H3,(H,21,22)/t15-,17-,19-/m0/s1. The average Bonchev–Trinajstić information content (AvgIpc) is 2.57. The van der Waals surface area contributed by atoms with E-state index in [1.807, 2.05) is 32.0 Å². The Morgan fingerprint density at radius 1 is 1.08 bits per heavy atom. The molecule has 1 aromatic carbocycles. The highest BCUT2D eigenvalue weighted by Gasteiger charge is 2.41. The van der Waals surface area contributed by atoms with E-state index < -0.39 is 19.4 Å². The predicted octanol–water partition coefficient (Wildman–Crippen LogP) is 4.22. The number of benzene rings is 1. The minimum atomic E-state index is -3.68. The summed E-state index contributed by atoms with van der Waals surface area (Å²) in [6, 6.07) is 8.37. The van der Waals surface area contributed by atoms with E-state index in [2.05, 4.69) is 5.32 Å². The molecule has 0 aliphatic carbocycles. The van der Waals surface area contributed by atoms with Gasteiger partial charge in [0.1, 0.15) is 0 Å². The summed E-state index contributed by atoms with van der Waals surface area (Å²) >= 11 is 0. The van der Waals surface area contributed by atoms with Gasteiger partial charge >= 0.3 is 7.60 Å². The van der Waals surface area contributed by atoms with Crippen LogP contribution in [0.3, 0.4) is 0 Å². The number of nitrogens with two attached hydrogens (primary N) is 1. The van der Waals surface area contributed by atoms with Gasteiger partial charge in [-0.05, 0) is 39.2 Å². The van der Waals surface area contributed by atoms with Crippen LogP contribution in [0.15, 0.2) is 30.3 Å². The van der Waals surface area contributed by atoms with E-state index in [0.29, 0.717) is 5.56 Å². The molecule has 0 saturated heterocycles. The third kappa shape index (κ3) is 6.51. The van der Waals surface area contributed by atoms with Gasteiger partial charge in [-0.3, -0.25) is 9.36 Å². The molecule has 3 atom stereocenters. The molecule has 1 rings (SSSR count). The largest absolute Gasteiger partial charge is 0.357 e. The quantitative estimate of drug-likeness (QED) is 0.590. The maximum absolute atomic E-state index is 13.6. The number of amides is 1. The summed E-state index contributed by atoms with van der Waals surface area (Å²) in [4.78, 5) is 12.7. The fourth-order valence-corrected chi connectivity index (χ4v) is 4.75. The van der Waals surface area contributed by atoms with Crippen LogP contribution >= 0.6 is 7.60 Å². The van der Waals surface area contributed by atoms with Crippen LogP contribution in [0, 0.1) is 5.92 Å². The van der Waals surface area contributed by atoms with Crippen molar-refractivity contribution in [2.24, 2.45) is 11.7 Å². The molecule has 7 heteroatoms. The lowest BCUT2D eigenvalue weighted by Crippen LogP contribution is -2.46. The van der Waals surface area contributed by atoms with Gasteiger partial charge < -0.3 is 20.1 Å².